The van der Waals surface area contributed by atoms with Crippen molar-refractivity contribution in [3.8, 4) is 11.5 Å². The number of amides is 1. The molecule has 0 fully saturated rings. The predicted octanol–water partition coefficient (Wildman–Crippen LogP) is 2.08. The standard InChI is InChI=1S/C16H17N3O5/c1-11(24-14-4-3-9-17-15(14)19(21)22)16(20)18-10-12-5-7-13(23-2)8-6-12/h3-9,11H,10H2,1-2H3,(H,18,20). The minimum Gasteiger partial charge on any atom is -0.497 e. The summed E-state index contributed by atoms with van der Waals surface area (Å²) in [5, 5.41) is 13.6. The summed E-state index contributed by atoms with van der Waals surface area (Å²) in [6.45, 7) is 1.83. The van der Waals surface area contributed by atoms with Gasteiger partial charge in [0.2, 0.25) is 5.75 Å². The van der Waals surface area contributed by atoms with E-state index in [0.29, 0.717) is 6.54 Å². The van der Waals surface area contributed by atoms with Crippen LogP contribution in [0.4, 0.5) is 5.82 Å². The molecule has 8 nitrogen and oxygen atoms in total. The first-order chi connectivity index (χ1) is 11.5. The highest BCUT2D eigenvalue weighted by Gasteiger charge is 2.21. The van der Waals surface area contributed by atoms with Crippen LogP contribution in [0, 0.1) is 10.1 Å². The molecule has 0 saturated carbocycles. The summed E-state index contributed by atoms with van der Waals surface area (Å²) in [5.41, 5.74) is 0.892. The topological polar surface area (TPSA) is 104 Å². The van der Waals surface area contributed by atoms with E-state index in [-0.39, 0.29) is 11.7 Å². The van der Waals surface area contributed by atoms with Crippen molar-refractivity contribution in [3.63, 3.8) is 0 Å². The maximum absolute atomic E-state index is 12.1. The zero-order chi connectivity index (χ0) is 17.5. The van der Waals surface area contributed by atoms with E-state index < -0.39 is 16.8 Å². The molecule has 126 valence electrons. The zero-order valence-corrected chi connectivity index (χ0v) is 13.3. The van der Waals surface area contributed by atoms with Crippen molar-refractivity contribution in [2.45, 2.75) is 19.6 Å². The first-order valence-corrected chi connectivity index (χ1v) is 7.18. The fourth-order valence-electron chi connectivity index (χ4n) is 1.93. The minimum atomic E-state index is -0.897. The van der Waals surface area contributed by atoms with E-state index in [1.165, 1.54) is 25.3 Å². The first-order valence-electron chi connectivity index (χ1n) is 7.18. The van der Waals surface area contributed by atoms with E-state index in [9.17, 15) is 14.9 Å². The van der Waals surface area contributed by atoms with Crippen LogP contribution in [0.2, 0.25) is 0 Å². The van der Waals surface area contributed by atoms with Crippen molar-refractivity contribution in [1.29, 1.82) is 0 Å². The maximum Gasteiger partial charge on any atom is 0.406 e. The fourth-order valence-corrected chi connectivity index (χ4v) is 1.93. The quantitative estimate of drug-likeness (QED) is 0.615. The molecular weight excluding hydrogens is 314 g/mol. The van der Waals surface area contributed by atoms with Gasteiger partial charge < -0.3 is 24.9 Å². The third-order valence-electron chi connectivity index (χ3n) is 3.22. The molecular formula is C16H17N3O5. The van der Waals surface area contributed by atoms with Gasteiger partial charge in [-0.1, -0.05) is 12.1 Å². The molecule has 1 aromatic heterocycles. The average Bonchev–Trinajstić information content (AvgIpc) is 2.60. The molecule has 0 aliphatic heterocycles. The minimum absolute atomic E-state index is 0.0467. The van der Waals surface area contributed by atoms with Crippen molar-refractivity contribution in [2.75, 3.05) is 7.11 Å². The second kappa shape index (κ2) is 7.91. The Bertz CT molecular complexity index is 718. The molecule has 1 amide bonds. The summed E-state index contributed by atoms with van der Waals surface area (Å²) in [5.74, 6) is -0.128. The van der Waals surface area contributed by atoms with Gasteiger partial charge in [-0.25, -0.2) is 0 Å². The van der Waals surface area contributed by atoms with Crippen LogP contribution < -0.4 is 14.8 Å². The number of hydrogen-bond donors (Lipinski definition) is 1. The summed E-state index contributed by atoms with van der Waals surface area (Å²) >= 11 is 0. The van der Waals surface area contributed by atoms with Gasteiger partial charge in [0.25, 0.3) is 5.91 Å². The number of rotatable bonds is 7. The van der Waals surface area contributed by atoms with Crippen molar-refractivity contribution in [3.05, 3.63) is 58.3 Å². The molecule has 0 spiro atoms. The van der Waals surface area contributed by atoms with E-state index in [4.69, 9.17) is 9.47 Å². The highest BCUT2D eigenvalue weighted by Crippen LogP contribution is 2.24. The Morgan fingerprint density at radius 2 is 2.04 bits per heavy atom. The van der Waals surface area contributed by atoms with Crippen molar-refractivity contribution in [1.82, 2.24) is 10.3 Å². The molecule has 0 aliphatic carbocycles. The number of aromatic nitrogens is 1. The highest BCUT2D eigenvalue weighted by molar-refractivity contribution is 5.80. The van der Waals surface area contributed by atoms with Crippen LogP contribution in [0.15, 0.2) is 42.6 Å². The smallest absolute Gasteiger partial charge is 0.406 e. The Kier molecular flexibility index (Phi) is 5.67. The molecule has 2 aromatic rings. The van der Waals surface area contributed by atoms with E-state index in [1.807, 2.05) is 12.1 Å². The number of nitrogens with one attached hydrogen (secondary N) is 1. The number of nitrogens with zero attached hydrogens (tertiary/aromatic N) is 2. The molecule has 1 N–H and O–H groups in total. The Hall–Kier alpha value is -3.16. The summed E-state index contributed by atoms with van der Waals surface area (Å²) < 4.78 is 10.4. The lowest BCUT2D eigenvalue weighted by Crippen LogP contribution is -2.36. The SMILES string of the molecule is COc1ccc(CNC(=O)C(C)Oc2cccnc2[N+](=O)[O-])cc1. The molecule has 1 unspecified atom stereocenters. The van der Waals surface area contributed by atoms with Crippen LogP contribution in [0.1, 0.15) is 12.5 Å². The largest absolute Gasteiger partial charge is 0.497 e. The Morgan fingerprint density at radius 1 is 1.33 bits per heavy atom. The number of benzene rings is 1. The molecule has 8 heteroatoms. The van der Waals surface area contributed by atoms with Gasteiger partial charge >= 0.3 is 5.82 Å². The van der Waals surface area contributed by atoms with Gasteiger partial charge in [-0.2, -0.15) is 0 Å². The molecule has 1 atom stereocenters. The van der Waals surface area contributed by atoms with Gasteiger partial charge in [0.1, 0.15) is 11.9 Å². The van der Waals surface area contributed by atoms with Crippen molar-refractivity contribution in [2.24, 2.45) is 0 Å². The second-order valence-electron chi connectivity index (χ2n) is 4.91. The molecule has 24 heavy (non-hydrogen) atoms. The van der Waals surface area contributed by atoms with Gasteiger partial charge in [0.15, 0.2) is 6.10 Å². The van der Waals surface area contributed by atoms with Gasteiger partial charge in [-0.3, -0.25) is 4.79 Å². The molecule has 0 aliphatic rings. The monoisotopic (exact) mass is 331 g/mol. The number of ether oxygens (including phenoxy) is 2. The van der Waals surface area contributed by atoms with Crippen LogP contribution >= 0.6 is 0 Å². The normalized spacial score (nSPS) is 11.4. The lowest BCUT2D eigenvalue weighted by molar-refractivity contribution is -0.390. The third kappa shape index (κ3) is 4.42. The summed E-state index contributed by atoms with van der Waals surface area (Å²) in [6.07, 6.45) is 0.394. The summed E-state index contributed by atoms with van der Waals surface area (Å²) in [4.78, 5) is 25.9. The Balaban J connectivity index is 1.93. The Morgan fingerprint density at radius 3 is 2.67 bits per heavy atom. The lowest BCUT2D eigenvalue weighted by atomic mass is 10.2. The molecule has 1 aromatic carbocycles. The number of methoxy groups -OCH3 is 1. The van der Waals surface area contributed by atoms with Gasteiger partial charge in [-0.05, 0) is 46.7 Å². The zero-order valence-electron chi connectivity index (χ0n) is 13.3. The fraction of sp³-hybridized carbons (Fsp3) is 0.250. The van der Waals surface area contributed by atoms with Gasteiger partial charge in [-0.15, -0.1) is 0 Å². The highest BCUT2D eigenvalue weighted by atomic mass is 16.6. The Labute approximate surface area is 138 Å². The molecule has 0 bridgehead atoms. The number of pyridine rings is 1. The van der Waals surface area contributed by atoms with Gasteiger partial charge in [0.05, 0.1) is 7.11 Å². The molecule has 1 heterocycles. The third-order valence-corrected chi connectivity index (χ3v) is 3.22. The van der Waals surface area contributed by atoms with Crippen molar-refractivity contribution < 1.29 is 19.2 Å². The number of nitro groups is 1. The van der Waals surface area contributed by atoms with E-state index in [0.717, 1.165) is 11.3 Å². The maximum atomic E-state index is 12.1. The van der Waals surface area contributed by atoms with Crippen LogP contribution in [-0.2, 0) is 11.3 Å². The molecule has 0 saturated heterocycles. The second-order valence-corrected chi connectivity index (χ2v) is 4.91. The lowest BCUT2D eigenvalue weighted by Gasteiger charge is -2.14. The molecule has 0 radical (unpaired) electrons. The number of carbonyl (C=O) groups is 1. The predicted molar refractivity (Wildman–Crippen MR) is 85.8 cm³/mol. The van der Waals surface area contributed by atoms with E-state index >= 15 is 0 Å². The first kappa shape index (κ1) is 17.2. The average molecular weight is 331 g/mol. The molecule has 2 rings (SSSR count). The van der Waals surface area contributed by atoms with Crippen LogP contribution in [0.5, 0.6) is 11.5 Å². The van der Waals surface area contributed by atoms with E-state index in [2.05, 4.69) is 10.3 Å². The summed E-state index contributed by atoms with van der Waals surface area (Å²) in [7, 11) is 1.58. The van der Waals surface area contributed by atoms with Crippen LogP contribution in [0.25, 0.3) is 0 Å². The van der Waals surface area contributed by atoms with Gasteiger partial charge in [0, 0.05) is 6.54 Å². The van der Waals surface area contributed by atoms with Crippen LogP contribution in [0.3, 0.4) is 0 Å². The number of hydrogen-bond acceptors (Lipinski definition) is 6. The van der Waals surface area contributed by atoms with E-state index in [1.54, 1.807) is 19.2 Å². The van der Waals surface area contributed by atoms with Crippen molar-refractivity contribution >= 4 is 11.7 Å². The van der Waals surface area contributed by atoms with Crippen LogP contribution in [-0.4, -0.2) is 29.0 Å². The number of carbonyl (C=O) groups excluding carboxylic acids is 1. The summed E-state index contributed by atoms with van der Waals surface area (Å²) in [6, 6.07) is 10.1.